The molecule has 0 radical (unpaired) electrons. The lowest BCUT2D eigenvalue weighted by molar-refractivity contribution is -0.143. The fourth-order valence-electron chi connectivity index (χ4n) is 3.49. The maximum atomic E-state index is 13.5. The summed E-state index contributed by atoms with van der Waals surface area (Å²) in [6.45, 7) is 1.82. The van der Waals surface area contributed by atoms with Gasteiger partial charge < -0.3 is 20.1 Å². The first-order valence-electron chi connectivity index (χ1n) is 9.96. The molecule has 0 aliphatic rings. The number of sulfone groups is 1. The number of aliphatic hydroxyl groups excluding tert-OH is 1. The molecule has 0 amide bonds. The van der Waals surface area contributed by atoms with E-state index in [0.29, 0.717) is 40.3 Å². The van der Waals surface area contributed by atoms with Crippen LogP contribution in [0.1, 0.15) is 17.7 Å². The van der Waals surface area contributed by atoms with Crippen LogP contribution in [-0.2, 0) is 25.8 Å². The van der Waals surface area contributed by atoms with Gasteiger partial charge in [-0.05, 0) is 43.3 Å². The molecule has 0 aliphatic heterocycles. The Balaban J connectivity index is 2.12. The predicted octanol–water partition coefficient (Wildman–Crippen LogP) is 3.05. The number of anilines is 1. The van der Waals surface area contributed by atoms with Gasteiger partial charge in [0.05, 0.1) is 29.3 Å². The second-order valence-electron chi connectivity index (χ2n) is 7.41. The highest BCUT2D eigenvalue weighted by molar-refractivity contribution is 7.90. The van der Waals surface area contributed by atoms with E-state index in [0.717, 1.165) is 6.26 Å². The van der Waals surface area contributed by atoms with Crippen molar-refractivity contribution >= 4 is 21.5 Å². The minimum atomic E-state index is -3.37. The standard InChI is InChI=1S/C23H25FN2O5S/c1-15-20(14-21(28)31-13-3-12-27)22(25)23(26(15)18-8-6-17(24)7-9-18)16-4-10-19(11-5-16)32(2,29)30/h4-11,27H,3,12-14,25H2,1-2H3. The SMILES string of the molecule is Cc1c(CC(=O)OCCCO)c(N)c(-c2ccc(S(C)(=O)=O)cc2)n1-c1ccc(F)cc1. The number of nitrogens with two attached hydrogens (primary N) is 1. The molecule has 32 heavy (non-hydrogen) atoms. The van der Waals surface area contributed by atoms with E-state index < -0.39 is 21.6 Å². The van der Waals surface area contributed by atoms with Gasteiger partial charge in [-0.2, -0.15) is 0 Å². The van der Waals surface area contributed by atoms with Crippen molar-refractivity contribution in [1.82, 2.24) is 4.57 Å². The van der Waals surface area contributed by atoms with E-state index in [1.807, 2.05) is 0 Å². The number of hydrogen-bond acceptors (Lipinski definition) is 6. The van der Waals surface area contributed by atoms with Crippen LogP contribution in [0.15, 0.2) is 53.4 Å². The number of esters is 1. The largest absolute Gasteiger partial charge is 0.465 e. The topological polar surface area (TPSA) is 112 Å². The van der Waals surface area contributed by atoms with Crippen LogP contribution in [0.3, 0.4) is 0 Å². The summed E-state index contributed by atoms with van der Waals surface area (Å²) in [5.41, 5.74) is 9.89. The molecule has 0 spiro atoms. The van der Waals surface area contributed by atoms with Crippen molar-refractivity contribution in [2.24, 2.45) is 0 Å². The van der Waals surface area contributed by atoms with Crippen LogP contribution in [0, 0.1) is 12.7 Å². The summed E-state index contributed by atoms with van der Waals surface area (Å²) < 4.78 is 44.1. The molecule has 2 aromatic carbocycles. The Morgan fingerprint density at radius 1 is 1.12 bits per heavy atom. The van der Waals surface area contributed by atoms with E-state index in [2.05, 4.69) is 0 Å². The van der Waals surface area contributed by atoms with Gasteiger partial charge in [-0.25, -0.2) is 12.8 Å². The smallest absolute Gasteiger partial charge is 0.310 e. The third kappa shape index (κ3) is 5.00. The average molecular weight is 461 g/mol. The number of carbonyl (C=O) groups is 1. The molecule has 7 nitrogen and oxygen atoms in total. The van der Waals surface area contributed by atoms with E-state index in [4.69, 9.17) is 15.6 Å². The Hall–Kier alpha value is -3.17. The Morgan fingerprint density at radius 3 is 2.31 bits per heavy atom. The summed E-state index contributed by atoms with van der Waals surface area (Å²) >= 11 is 0. The van der Waals surface area contributed by atoms with Crippen molar-refractivity contribution in [3.05, 3.63) is 65.6 Å². The van der Waals surface area contributed by atoms with Gasteiger partial charge >= 0.3 is 5.97 Å². The van der Waals surface area contributed by atoms with Crippen molar-refractivity contribution < 1.29 is 27.4 Å². The number of benzene rings is 2. The van der Waals surface area contributed by atoms with Crippen molar-refractivity contribution in [2.75, 3.05) is 25.2 Å². The zero-order chi connectivity index (χ0) is 23.5. The van der Waals surface area contributed by atoms with E-state index in [1.165, 1.54) is 24.3 Å². The molecule has 1 heterocycles. The van der Waals surface area contributed by atoms with Crippen molar-refractivity contribution in [3.8, 4) is 16.9 Å². The van der Waals surface area contributed by atoms with Crippen LogP contribution in [0.5, 0.6) is 0 Å². The zero-order valence-electron chi connectivity index (χ0n) is 17.8. The molecule has 0 aliphatic carbocycles. The minimum Gasteiger partial charge on any atom is -0.465 e. The Kier molecular flexibility index (Phi) is 7.00. The quantitative estimate of drug-likeness (QED) is 0.395. The molecule has 1 aromatic heterocycles. The van der Waals surface area contributed by atoms with Gasteiger partial charge in [0.25, 0.3) is 0 Å². The molecule has 3 N–H and O–H groups in total. The molecule has 0 fully saturated rings. The first kappa shape index (κ1) is 23.5. The van der Waals surface area contributed by atoms with Crippen molar-refractivity contribution in [3.63, 3.8) is 0 Å². The number of halogens is 1. The van der Waals surface area contributed by atoms with E-state index in [1.54, 1.807) is 35.8 Å². The normalized spacial score (nSPS) is 11.5. The maximum Gasteiger partial charge on any atom is 0.310 e. The highest BCUT2D eigenvalue weighted by atomic mass is 32.2. The third-order valence-corrected chi connectivity index (χ3v) is 6.23. The average Bonchev–Trinajstić information content (AvgIpc) is 2.99. The number of hydrogen-bond donors (Lipinski definition) is 2. The van der Waals surface area contributed by atoms with Crippen LogP contribution < -0.4 is 5.73 Å². The van der Waals surface area contributed by atoms with Crippen LogP contribution in [0.2, 0.25) is 0 Å². The van der Waals surface area contributed by atoms with Gasteiger partial charge in [0.2, 0.25) is 0 Å². The molecule has 3 aromatic rings. The van der Waals surface area contributed by atoms with Gasteiger partial charge in [-0.15, -0.1) is 0 Å². The number of aliphatic hydroxyl groups is 1. The molecule has 0 bridgehead atoms. The summed E-state index contributed by atoms with van der Waals surface area (Å²) in [5, 5.41) is 8.86. The van der Waals surface area contributed by atoms with Crippen LogP contribution in [0.4, 0.5) is 10.1 Å². The number of aromatic nitrogens is 1. The molecular formula is C23H25FN2O5S. The molecule has 170 valence electrons. The highest BCUT2D eigenvalue weighted by Crippen LogP contribution is 2.37. The Bertz CT molecular complexity index is 1220. The summed E-state index contributed by atoms with van der Waals surface area (Å²) in [4.78, 5) is 12.5. The minimum absolute atomic E-state index is 0.0777. The van der Waals surface area contributed by atoms with Gasteiger partial charge in [0.15, 0.2) is 9.84 Å². The van der Waals surface area contributed by atoms with Crippen molar-refractivity contribution in [2.45, 2.75) is 24.7 Å². The molecule has 0 atom stereocenters. The number of nitrogens with zero attached hydrogens (tertiary/aromatic N) is 1. The molecule has 3 rings (SSSR count). The van der Waals surface area contributed by atoms with Crippen molar-refractivity contribution in [1.29, 1.82) is 0 Å². The second-order valence-corrected chi connectivity index (χ2v) is 9.42. The van der Waals surface area contributed by atoms with Gasteiger partial charge in [-0.1, -0.05) is 12.1 Å². The van der Waals surface area contributed by atoms with Crippen LogP contribution >= 0.6 is 0 Å². The number of ether oxygens (including phenoxy) is 1. The Morgan fingerprint density at radius 2 is 1.75 bits per heavy atom. The first-order chi connectivity index (χ1) is 15.1. The lowest BCUT2D eigenvalue weighted by Crippen LogP contribution is -2.11. The monoisotopic (exact) mass is 460 g/mol. The summed E-state index contributed by atoms with van der Waals surface area (Å²) in [5.74, 6) is -0.873. The van der Waals surface area contributed by atoms with Gasteiger partial charge in [0.1, 0.15) is 5.82 Å². The molecular weight excluding hydrogens is 435 g/mol. The first-order valence-corrected chi connectivity index (χ1v) is 11.8. The van der Waals surface area contributed by atoms with Gasteiger partial charge in [0, 0.05) is 41.8 Å². The second kappa shape index (κ2) is 9.54. The number of carbonyl (C=O) groups excluding carboxylic acids is 1. The lowest BCUT2D eigenvalue weighted by Gasteiger charge is -2.13. The van der Waals surface area contributed by atoms with Gasteiger partial charge in [-0.3, -0.25) is 4.79 Å². The molecule has 9 heteroatoms. The summed E-state index contributed by atoms with van der Waals surface area (Å²) in [7, 11) is -3.37. The highest BCUT2D eigenvalue weighted by Gasteiger charge is 2.23. The van der Waals surface area contributed by atoms with E-state index in [-0.39, 0.29) is 24.5 Å². The van der Waals surface area contributed by atoms with Crippen LogP contribution in [-0.4, -0.2) is 43.5 Å². The molecule has 0 saturated heterocycles. The summed E-state index contributed by atoms with van der Waals surface area (Å²) in [6, 6.07) is 12.1. The maximum absolute atomic E-state index is 13.5. The zero-order valence-corrected chi connectivity index (χ0v) is 18.7. The lowest BCUT2D eigenvalue weighted by atomic mass is 10.1. The van der Waals surface area contributed by atoms with E-state index in [9.17, 15) is 17.6 Å². The fourth-order valence-corrected chi connectivity index (χ4v) is 4.12. The number of rotatable bonds is 8. The predicted molar refractivity (Wildman–Crippen MR) is 120 cm³/mol. The third-order valence-electron chi connectivity index (χ3n) is 5.10. The van der Waals surface area contributed by atoms with Crippen LogP contribution in [0.25, 0.3) is 16.9 Å². The number of nitrogen functional groups attached to an aromatic ring is 1. The fraction of sp³-hybridized carbons (Fsp3) is 0.261. The Labute approximate surface area is 186 Å². The summed E-state index contributed by atoms with van der Waals surface area (Å²) in [6.07, 6.45) is 1.39. The molecule has 0 saturated carbocycles. The molecule has 0 unspecified atom stereocenters. The van der Waals surface area contributed by atoms with E-state index >= 15 is 0 Å².